The van der Waals surface area contributed by atoms with E-state index >= 15 is 0 Å². The van der Waals surface area contributed by atoms with E-state index in [9.17, 15) is 9.59 Å². The van der Waals surface area contributed by atoms with E-state index in [0.29, 0.717) is 31.8 Å². The lowest BCUT2D eigenvalue weighted by atomic mass is 9.96. The molecule has 2 atom stereocenters. The van der Waals surface area contributed by atoms with Crippen LogP contribution in [0.1, 0.15) is 52.4 Å². The molecule has 2 unspecified atom stereocenters. The number of hydrogen-bond donors (Lipinski definition) is 3. The van der Waals surface area contributed by atoms with E-state index in [-0.39, 0.29) is 18.2 Å². The Balaban J connectivity index is 3.71. The Kier molecular flexibility index (Phi) is 10.2. The molecule has 0 aliphatic carbocycles. The normalized spacial score (nSPS) is 13.8. The fourth-order valence-corrected chi connectivity index (χ4v) is 1.97. The third-order valence-electron chi connectivity index (χ3n) is 3.43. The molecule has 0 heterocycles. The first kappa shape index (κ1) is 17.9. The molecule has 0 aromatic heterocycles. The van der Waals surface area contributed by atoms with Gasteiger partial charge in [-0.3, -0.25) is 9.59 Å². The number of rotatable bonds is 11. The molecule has 19 heavy (non-hydrogen) atoms. The highest BCUT2D eigenvalue weighted by Crippen LogP contribution is 2.14. The average Bonchev–Trinajstić information content (AvgIpc) is 2.38. The van der Waals surface area contributed by atoms with E-state index in [1.807, 2.05) is 6.92 Å². The van der Waals surface area contributed by atoms with E-state index in [0.717, 1.165) is 19.3 Å². The van der Waals surface area contributed by atoms with Crippen LogP contribution in [0.5, 0.6) is 0 Å². The Morgan fingerprint density at radius 2 is 1.89 bits per heavy atom. The predicted octanol–water partition coefficient (Wildman–Crippen LogP) is 1.76. The van der Waals surface area contributed by atoms with Crippen molar-refractivity contribution in [1.29, 1.82) is 0 Å². The van der Waals surface area contributed by atoms with E-state index < -0.39 is 5.97 Å². The van der Waals surface area contributed by atoms with Gasteiger partial charge in [-0.05, 0) is 37.6 Å². The number of nitrogens with one attached hydrogen (secondary N) is 1. The summed E-state index contributed by atoms with van der Waals surface area (Å²) in [7, 11) is 0. The third-order valence-corrected chi connectivity index (χ3v) is 3.43. The zero-order valence-electron chi connectivity index (χ0n) is 12.2. The minimum Gasteiger partial charge on any atom is -0.481 e. The van der Waals surface area contributed by atoms with Crippen LogP contribution >= 0.6 is 0 Å². The molecule has 0 saturated carbocycles. The zero-order valence-corrected chi connectivity index (χ0v) is 12.2. The number of carbonyl (C=O) groups is 2. The summed E-state index contributed by atoms with van der Waals surface area (Å²) in [5.41, 5.74) is 5.52. The van der Waals surface area contributed by atoms with Crippen molar-refractivity contribution in [2.45, 2.75) is 52.4 Å². The van der Waals surface area contributed by atoms with Gasteiger partial charge in [0.05, 0.1) is 0 Å². The maximum absolute atomic E-state index is 11.7. The molecule has 0 saturated heterocycles. The number of carbonyl (C=O) groups excluding carboxylic acids is 1. The lowest BCUT2D eigenvalue weighted by Crippen LogP contribution is -2.28. The van der Waals surface area contributed by atoms with Crippen LogP contribution in [0, 0.1) is 11.8 Å². The van der Waals surface area contributed by atoms with Crippen LogP contribution in [0.3, 0.4) is 0 Å². The van der Waals surface area contributed by atoms with Crippen molar-refractivity contribution in [3.63, 3.8) is 0 Å². The van der Waals surface area contributed by atoms with Crippen LogP contribution in [0.15, 0.2) is 0 Å². The second kappa shape index (κ2) is 10.8. The van der Waals surface area contributed by atoms with Gasteiger partial charge in [-0.25, -0.2) is 0 Å². The van der Waals surface area contributed by atoms with Crippen LogP contribution < -0.4 is 11.1 Å². The number of amides is 1. The lowest BCUT2D eigenvalue weighted by Gasteiger charge is -2.14. The summed E-state index contributed by atoms with van der Waals surface area (Å²) in [5.74, 6) is -0.00496. The van der Waals surface area contributed by atoms with Crippen molar-refractivity contribution in [3.8, 4) is 0 Å². The molecular formula is C14H28N2O3. The maximum atomic E-state index is 11.7. The van der Waals surface area contributed by atoms with Gasteiger partial charge >= 0.3 is 5.97 Å². The van der Waals surface area contributed by atoms with Crippen molar-refractivity contribution in [1.82, 2.24) is 5.32 Å². The van der Waals surface area contributed by atoms with Gasteiger partial charge in [0.2, 0.25) is 5.91 Å². The molecule has 4 N–H and O–H groups in total. The van der Waals surface area contributed by atoms with E-state index in [1.54, 1.807) is 0 Å². The van der Waals surface area contributed by atoms with Gasteiger partial charge in [0.1, 0.15) is 0 Å². The third kappa shape index (κ3) is 10.5. The molecule has 0 rings (SSSR count). The Bertz CT molecular complexity index is 269. The minimum absolute atomic E-state index is 0.0534. The molecule has 5 nitrogen and oxygen atoms in total. The average molecular weight is 272 g/mol. The zero-order chi connectivity index (χ0) is 14.7. The summed E-state index contributed by atoms with van der Waals surface area (Å²) in [4.78, 5) is 22.1. The highest BCUT2D eigenvalue weighted by molar-refractivity contribution is 5.75. The minimum atomic E-state index is -0.786. The van der Waals surface area contributed by atoms with Crippen molar-refractivity contribution in [2.24, 2.45) is 17.6 Å². The summed E-state index contributed by atoms with van der Waals surface area (Å²) in [6, 6.07) is 0. The standard InChI is InChI=1S/C14H28N2O3/c1-3-12(8-9-15)5-6-13(17)16-10-11(2)4-7-14(18)19/h11-12H,3-10,15H2,1-2H3,(H,16,17)(H,18,19). The van der Waals surface area contributed by atoms with Gasteiger partial charge in [0.25, 0.3) is 0 Å². The second-order valence-electron chi connectivity index (χ2n) is 5.23. The smallest absolute Gasteiger partial charge is 0.303 e. The van der Waals surface area contributed by atoms with Gasteiger partial charge in [-0.1, -0.05) is 20.3 Å². The van der Waals surface area contributed by atoms with Crippen molar-refractivity contribution < 1.29 is 14.7 Å². The molecule has 0 bridgehead atoms. The molecule has 112 valence electrons. The highest BCUT2D eigenvalue weighted by atomic mass is 16.4. The molecule has 0 aromatic rings. The number of nitrogens with two attached hydrogens (primary N) is 1. The first-order valence-corrected chi connectivity index (χ1v) is 7.18. The number of aliphatic carboxylic acids is 1. The summed E-state index contributed by atoms with van der Waals surface area (Å²) in [6.45, 7) is 5.30. The van der Waals surface area contributed by atoms with Crippen molar-refractivity contribution in [2.75, 3.05) is 13.1 Å². The van der Waals surface area contributed by atoms with E-state index in [1.165, 1.54) is 0 Å². The van der Waals surface area contributed by atoms with Crippen LogP contribution in [-0.4, -0.2) is 30.1 Å². The first-order chi connectivity index (χ1) is 8.99. The number of carboxylic acids is 1. The van der Waals surface area contributed by atoms with Crippen molar-refractivity contribution in [3.05, 3.63) is 0 Å². The van der Waals surface area contributed by atoms with E-state index in [4.69, 9.17) is 10.8 Å². The maximum Gasteiger partial charge on any atom is 0.303 e. The molecule has 0 aliphatic rings. The molecule has 5 heteroatoms. The highest BCUT2D eigenvalue weighted by Gasteiger charge is 2.10. The van der Waals surface area contributed by atoms with Crippen LogP contribution in [0.2, 0.25) is 0 Å². The molecule has 0 aliphatic heterocycles. The Morgan fingerprint density at radius 1 is 1.21 bits per heavy atom. The largest absolute Gasteiger partial charge is 0.481 e. The Hall–Kier alpha value is -1.10. The predicted molar refractivity (Wildman–Crippen MR) is 75.7 cm³/mol. The topological polar surface area (TPSA) is 92.4 Å². The molecule has 1 amide bonds. The fraction of sp³-hybridized carbons (Fsp3) is 0.857. The van der Waals surface area contributed by atoms with Crippen molar-refractivity contribution >= 4 is 11.9 Å². The number of hydrogen-bond acceptors (Lipinski definition) is 3. The van der Waals surface area contributed by atoms with Crippen LogP contribution in [0.25, 0.3) is 0 Å². The van der Waals surface area contributed by atoms with Gasteiger partial charge in [-0.15, -0.1) is 0 Å². The van der Waals surface area contributed by atoms with Crippen LogP contribution in [0.4, 0.5) is 0 Å². The Labute approximate surface area is 115 Å². The van der Waals surface area contributed by atoms with Gasteiger partial charge in [0.15, 0.2) is 0 Å². The van der Waals surface area contributed by atoms with E-state index in [2.05, 4.69) is 12.2 Å². The summed E-state index contributed by atoms with van der Waals surface area (Å²) in [6.07, 6.45) is 4.19. The number of carboxylic acid groups (broad SMARTS) is 1. The van der Waals surface area contributed by atoms with Crippen LogP contribution in [-0.2, 0) is 9.59 Å². The van der Waals surface area contributed by atoms with Gasteiger partial charge in [0, 0.05) is 19.4 Å². The fourth-order valence-electron chi connectivity index (χ4n) is 1.97. The summed E-state index contributed by atoms with van der Waals surface area (Å²) >= 11 is 0. The quantitative estimate of drug-likeness (QED) is 0.534. The Morgan fingerprint density at radius 3 is 2.42 bits per heavy atom. The second-order valence-corrected chi connectivity index (χ2v) is 5.23. The molecule has 0 fully saturated rings. The molecular weight excluding hydrogens is 244 g/mol. The first-order valence-electron chi connectivity index (χ1n) is 7.18. The summed E-state index contributed by atoms with van der Waals surface area (Å²) in [5, 5.41) is 11.4. The molecule has 0 spiro atoms. The van der Waals surface area contributed by atoms with Gasteiger partial charge in [-0.2, -0.15) is 0 Å². The molecule has 0 radical (unpaired) electrons. The molecule has 0 aromatic carbocycles. The SMILES string of the molecule is CCC(CCN)CCC(=O)NCC(C)CCC(=O)O. The monoisotopic (exact) mass is 272 g/mol. The van der Waals surface area contributed by atoms with Gasteiger partial charge < -0.3 is 16.2 Å². The summed E-state index contributed by atoms with van der Waals surface area (Å²) < 4.78 is 0. The lowest BCUT2D eigenvalue weighted by molar-refractivity contribution is -0.137.